The van der Waals surface area contributed by atoms with Crippen molar-refractivity contribution in [3.63, 3.8) is 0 Å². The maximum atomic E-state index is 13.1. The first-order chi connectivity index (χ1) is 17.3. The highest BCUT2D eigenvalue weighted by Gasteiger charge is 2.35. The van der Waals surface area contributed by atoms with Gasteiger partial charge in [0.15, 0.2) is 0 Å². The summed E-state index contributed by atoms with van der Waals surface area (Å²) < 4.78 is 16.3. The van der Waals surface area contributed by atoms with E-state index in [1.807, 2.05) is 12.1 Å². The number of aryl methyl sites for hydroxylation is 2. The molecule has 9 heteroatoms. The zero-order valence-corrected chi connectivity index (χ0v) is 23.6. The van der Waals surface area contributed by atoms with E-state index >= 15 is 0 Å². The van der Waals surface area contributed by atoms with Crippen molar-refractivity contribution in [3.8, 4) is 11.1 Å². The number of halogens is 3. The molecule has 2 atom stereocenters. The Hall–Kier alpha value is -0.860. The van der Waals surface area contributed by atoms with Gasteiger partial charge in [0.2, 0.25) is 0 Å². The number of esters is 1. The zero-order valence-electron chi connectivity index (χ0n) is 20.5. The van der Waals surface area contributed by atoms with Crippen LogP contribution in [0.1, 0.15) is 59.1 Å². The molecule has 2 aromatic rings. The third-order valence-corrected chi connectivity index (χ3v) is 9.11. The van der Waals surface area contributed by atoms with Gasteiger partial charge in [-0.3, -0.25) is 0 Å². The summed E-state index contributed by atoms with van der Waals surface area (Å²) in [5.74, 6) is 0.181. The van der Waals surface area contributed by atoms with E-state index < -0.39 is 11.4 Å². The molecule has 0 spiro atoms. The molecule has 1 N–H and O–H groups in total. The second-order valence-electron chi connectivity index (χ2n) is 9.98. The Morgan fingerprint density at radius 1 is 1.19 bits per heavy atom. The van der Waals surface area contributed by atoms with Crippen LogP contribution in [0.25, 0.3) is 11.1 Å². The molecule has 2 heterocycles. The Morgan fingerprint density at radius 3 is 2.64 bits per heavy atom. The van der Waals surface area contributed by atoms with E-state index in [2.05, 4.69) is 6.92 Å². The minimum atomic E-state index is -0.741. The summed E-state index contributed by atoms with van der Waals surface area (Å²) in [5, 5.41) is 11.3. The lowest BCUT2D eigenvalue weighted by atomic mass is 9.92. The summed E-state index contributed by atoms with van der Waals surface area (Å²) in [6.07, 6.45) is 6.91. The summed E-state index contributed by atoms with van der Waals surface area (Å²) in [6.45, 7) is 2.69. The molecule has 0 amide bonds. The highest BCUT2D eigenvalue weighted by molar-refractivity contribution is 7.14. The van der Waals surface area contributed by atoms with Gasteiger partial charge >= 0.3 is 5.97 Å². The average molecular weight is 576 g/mol. The van der Waals surface area contributed by atoms with Crippen LogP contribution in [0.2, 0.25) is 10.0 Å². The van der Waals surface area contributed by atoms with E-state index in [0.717, 1.165) is 66.5 Å². The number of carbonyl (C=O) groups is 1. The molecular formula is C27H33Cl3O5S. The van der Waals surface area contributed by atoms with E-state index in [9.17, 15) is 9.90 Å². The topological polar surface area (TPSA) is 65.0 Å². The van der Waals surface area contributed by atoms with Gasteiger partial charge in [0, 0.05) is 20.8 Å². The molecular weight excluding hydrogens is 543 g/mol. The number of aliphatic hydroxyl groups is 1. The van der Waals surface area contributed by atoms with Crippen LogP contribution in [-0.2, 0) is 27.1 Å². The summed E-state index contributed by atoms with van der Waals surface area (Å²) in [5.41, 5.74) is 2.26. The minimum Gasteiger partial charge on any atom is -0.461 e. The molecule has 1 saturated heterocycles. The van der Waals surface area contributed by atoms with Crippen molar-refractivity contribution in [2.45, 2.75) is 57.2 Å². The smallest absolute Gasteiger partial charge is 0.348 e. The summed E-state index contributed by atoms with van der Waals surface area (Å²) in [4.78, 5) is 14.7. The standard InChI is InChI=1S/C27H33Cl3O5S/c1-2-3-23-21(11-24(36-23)26(32)35-15-27(12-31)13-33-16-34-14-27)25-18(9-20(29)10-22(25)30)6-4-17-5-7-19(28)8-17/h9-11,17,19,31H,2-8,12-16H2,1H3. The van der Waals surface area contributed by atoms with Gasteiger partial charge in [-0.15, -0.1) is 22.9 Å². The Bertz CT molecular complexity index is 1050. The van der Waals surface area contributed by atoms with E-state index in [-0.39, 0.29) is 38.6 Å². The Labute approximate surface area is 232 Å². The summed E-state index contributed by atoms with van der Waals surface area (Å²) in [6, 6.07) is 5.65. The number of hydrogen-bond donors (Lipinski definition) is 1. The number of hydrogen-bond acceptors (Lipinski definition) is 6. The highest BCUT2D eigenvalue weighted by atomic mass is 35.5. The summed E-state index contributed by atoms with van der Waals surface area (Å²) in [7, 11) is 0. The molecule has 5 nitrogen and oxygen atoms in total. The molecule has 4 rings (SSSR count). The molecule has 2 unspecified atom stereocenters. The van der Waals surface area contributed by atoms with Crippen molar-refractivity contribution in [1.29, 1.82) is 0 Å². The van der Waals surface area contributed by atoms with Crippen molar-refractivity contribution < 1.29 is 24.1 Å². The predicted molar refractivity (Wildman–Crippen MR) is 146 cm³/mol. The van der Waals surface area contributed by atoms with E-state index in [1.165, 1.54) is 11.3 Å². The van der Waals surface area contributed by atoms with E-state index in [1.54, 1.807) is 6.07 Å². The molecule has 1 aliphatic heterocycles. The van der Waals surface area contributed by atoms with Crippen LogP contribution in [-0.4, -0.2) is 49.7 Å². The lowest BCUT2D eigenvalue weighted by Gasteiger charge is -2.34. The lowest BCUT2D eigenvalue weighted by molar-refractivity contribution is -0.187. The fraction of sp³-hybridized carbons (Fsp3) is 0.593. The second-order valence-corrected chi connectivity index (χ2v) is 12.6. The largest absolute Gasteiger partial charge is 0.461 e. The quantitative estimate of drug-likeness (QED) is 0.241. The fourth-order valence-corrected chi connectivity index (χ4v) is 7.22. The molecule has 1 aromatic heterocycles. The van der Waals surface area contributed by atoms with Gasteiger partial charge < -0.3 is 19.3 Å². The number of rotatable bonds is 10. The lowest BCUT2D eigenvalue weighted by Crippen LogP contribution is -2.44. The van der Waals surface area contributed by atoms with Crippen LogP contribution >= 0.6 is 46.1 Å². The third-order valence-electron chi connectivity index (χ3n) is 7.02. The van der Waals surface area contributed by atoms with E-state index in [0.29, 0.717) is 20.8 Å². The monoisotopic (exact) mass is 574 g/mol. The van der Waals surface area contributed by atoms with Crippen molar-refractivity contribution in [2.75, 3.05) is 33.2 Å². The molecule has 1 aromatic carbocycles. The first-order valence-corrected chi connectivity index (χ1v) is 14.5. The van der Waals surface area contributed by atoms with Crippen molar-refractivity contribution in [2.24, 2.45) is 11.3 Å². The molecule has 1 aliphatic carbocycles. The Kier molecular flexibility index (Phi) is 10.0. The minimum absolute atomic E-state index is 0.0224. The van der Waals surface area contributed by atoms with Crippen molar-refractivity contribution in [3.05, 3.63) is 43.6 Å². The van der Waals surface area contributed by atoms with Gasteiger partial charge in [0.05, 0.1) is 30.3 Å². The Balaban J connectivity index is 1.58. The van der Waals surface area contributed by atoms with Crippen LogP contribution in [0.4, 0.5) is 0 Å². The molecule has 198 valence electrons. The van der Waals surface area contributed by atoms with Gasteiger partial charge in [-0.1, -0.05) is 36.5 Å². The van der Waals surface area contributed by atoms with Crippen LogP contribution < -0.4 is 0 Å². The number of carbonyl (C=O) groups excluding carboxylic acids is 1. The van der Waals surface area contributed by atoms with Crippen molar-refractivity contribution in [1.82, 2.24) is 0 Å². The fourth-order valence-electron chi connectivity index (χ4n) is 5.04. The van der Waals surface area contributed by atoms with Crippen LogP contribution in [0.3, 0.4) is 0 Å². The maximum Gasteiger partial charge on any atom is 0.348 e. The Morgan fingerprint density at radius 2 is 1.97 bits per heavy atom. The van der Waals surface area contributed by atoms with Gasteiger partial charge in [0.1, 0.15) is 18.3 Å². The second kappa shape index (κ2) is 12.8. The predicted octanol–water partition coefficient (Wildman–Crippen LogP) is 7.15. The van der Waals surface area contributed by atoms with Crippen LogP contribution in [0.5, 0.6) is 0 Å². The average Bonchev–Trinajstić information content (AvgIpc) is 3.48. The van der Waals surface area contributed by atoms with Gasteiger partial charge in [-0.05, 0) is 73.8 Å². The first kappa shape index (κ1) is 28.2. The molecule has 1 saturated carbocycles. The third kappa shape index (κ3) is 6.76. The summed E-state index contributed by atoms with van der Waals surface area (Å²) >= 11 is 21.0. The van der Waals surface area contributed by atoms with Gasteiger partial charge in [-0.2, -0.15) is 0 Å². The molecule has 2 aliphatic rings. The van der Waals surface area contributed by atoms with Crippen LogP contribution in [0.15, 0.2) is 18.2 Å². The molecule has 0 radical (unpaired) electrons. The normalized spacial score (nSPS) is 21.6. The SMILES string of the molecule is CCCc1sc(C(=O)OCC2(CO)COCOC2)cc1-c1c(Cl)cc(Cl)cc1CCC1CCC(Cl)C1. The first-order valence-electron chi connectivity index (χ1n) is 12.5. The molecule has 36 heavy (non-hydrogen) atoms. The molecule has 0 bridgehead atoms. The number of aliphatic hydroxyl groups excluding tert-OH is 1. The van der Waals surface area contributed by atoms with Crippen molar-refractivity contribution >= 4 is 52.1 Å². The number of benzene rings is 1. The maximum absolute atomic E-state index is 13.1. The molecule has 2 fully saturated rings. The van der Waals surface area contributed by atoms with Crippen LogP contribution in [0, 0.1) is 11.3 Å². The number of thiophene rings is 1. The van der Waals surface area contributed by atoms with Gasteiger partial charge in [0.25, 0.3) is 0 Å². The number of alkyl halides is 1. The highest BCUT2D eigenvalue weighted by Crippen LogP contribution is 2.42. The zero-order chi connectivity index (χ0) is 25.7. The number of ether oxygens (including phenoxy) is 3. The van der Waals surface area contributed by atoms with E-state index in [4.69, 9.17) is 49.0 Å². The van der Waals surface area contributed by atoms with Gasteiger partial charge in [-0.25, -0.2) is 4.79 Å².